The number of thiophene rings is 1. The van der Waals surface area contributed by atoms with Crippen molar-refractivity contribution >= 4 is 34.7 Å². The fourth-order valence-electron chi connectivity index (χ4n) is 4.94. The molecule has 3 aromatic rings. The molecule has 1 aromatic carbocycles. The molecule has 0 saturated heterocycles. The van der Waals surface area contributed by atoms with Gasteiger partial charge in [0.25, 0.3) is 0 Å². The Balaban J connectivity index is 1.35. The lowest BCUT2D eigenvalue weighted by atomic mass is 9.95. The van der Waals surface area contributed by atoms with Gasteiger partial charge in [-0.15, -0.1) is 21.5 Å². The van der Waals surface area contributed by atoms with Crippen LogP contribution in [0.4, 0.5) is 5.69 Å². The van der Waals surface area contributed by atoms with Crippen molar-refractivity contribution in [2.75, 3.05) is 10.7 Å². The third kappa shape index (κ3) is 4.30. The number of carbonyl (C=O) groups is 1. The molecule has 31 heavy (non-hydrogen) atoms. The Labute approximate surface area is 191 Å². The second-order valence-electron chi connectivity index (χ2n) is 8.55. The molecule has 1 atom stereocenters. The normalized spacial score (nSPS) is 19.0. The van der Waals surface area contributed by atoms with E-state index in [2.05, 4.69) is 57.4 Å². The van der Waals surface area contributed by atoms with Gasteiger partial charge in [-0.1, -0.05) is 55.3 Å². The number of fused-ring (bicyclic) bond motifs is 1. The van der Waals surface area contributed by atoms with Crippen LogP contribution in [-0.4, -0.2) is 32.5 Å². The summed E-state index contributed by atoms with van der Waals surface area (Å²) >= 11 is 3.31. The van der Waals surface area contributed by atoms with Crippen LogP contribution in [0.15, 0.2) is 46.9 Å². The zero-order valence-electron chi connectivity index (χ0n) is 17.9. The molecule has 0 unspecified atom stereocenters. The molecule has 5 nitrogen and oxygen atoms in total. The molecular formula is C24H28N4OS2. The lowest BCUT2D eigenvalue weighted by molar-refractivity contribution is -0.116. The molecule has 0 spiro atoms. The topological polar surface area (TPSA) is 51.0 Å². The molecule has 5 rings (SSSR count). The maximum Gasteiger partial charge on any atom is 0.237 e. The van der Waals surface area contributed by atoms with E-state index in [0.29, 0.717) is 11.8 Å². The predicted molar refractivity (Wildman–Crippen MR) is 127 cm³/mol. The number of thioether (sulfide) groups is 1. The minimum absolute atomic E-state index is 0.153. The highest BCUT2D eigenvalue weighted by Gasteiger charge is 2.31. The predicted octanol–water partition coefficient (Wildman–Crippen LogP) is 5.51. The molecule has 1 aliphatic carbocycles. The highest BCUT2D eigenvalue weighted by Crippen LogP contribution is 2.35. The lowest BCUT2D eigenvalue weighted by Crippen LogP contribution is -2.37. The summed E-state index contributed by atoms with van der Waals surface area (Å²) in [6, 6.07) is 13.2. The van der Waals surface area contributed by atoms with Gasteiger partial charge in [0, 0.05) is 29.1 Å². The first-order valence-corrected chi connectivity index (χ1v) is 13.1. The van der Waals surface area contributed by atoms with E-state index in [9.17, 15) is 4.79 Å². The number of amides is 1. The fourth-order valence-corrected chi connectivity index (χ4v) is 6.53. The number of carbonyl (C=O) groups excluding carboxylic acids is 1. The van der Waals surface area contributed by atoms with E-state index in [1.165, 1.54) is 42.5 Å². The molecular weight excluding hydrogens is 424 g/mol. The van der Waals surface area contributed by atoms with Crippen molar-refractivity contribution in [2.24, 2.45) is 0 Å². The highest BCUT2D eigenvalue weighted by atomic mass is 32.2. The van der Waals surface area contributed by atoms with E-state index in [1.54, 1.807) is 23.1 Å². The van der Waals surface area contributed by atoms with Crippen molar-refractivity contribution < 1.29 is 4.79 Å². The van der Waals surface area contributed by atoms with E-state index in [0.717, 1.165) is 29.5 Å². The van der Waals surface area contributed by atoms with Crippen LogP contribution in [0, 0.1) is 0 Å². The fraction of sp³-hybridized carbons (Fsp3) is 0.458. The van der Waals surface area contributed by atoms with Crippen LogP contribution in [0.2, 0.25) is 0 Å². The average Bonchev–Trinajstić information content (AvgIpc) is 3.51. The first-order valence-electron chi connectivity index (χ1n) is 11.2. The monoisotopic (exact) mass is 452 g/mol. The maximum absolute atomic E-state index is 13.2. The Morgan fingerprint density at radius 2 is 1.97 bits per heavy atom. The molecule has 2 aromatic heterocycles. The number of para-hydroxylation sites is 1. The second kappa shape index (κ2) is 9.17. The molecule has 0 N–H and O–H groups in total. The molecule has 2 aliphatic rings. The summed E-state index contributed by atoms with van der Waals surface area (Å²) in [6.07, 6.45) is 7.91. The van der Waals surface area contributed by atoms with Crippen molar-refractivity contribution in [3.05, 3.63) is 58.0 Å². The Morgan fingerprint density at radius 1 is 1.13 bits per heavy atom. The number of nitrogens with zero attached hydrogens (tertiary/aromatic N) is 4. The van der Waals surface area contributed by atoms with E-state index >= 15 is 0 Å². The SMILES string of the molecule is C[C@@H]1Cc2ccccc2N1C(=O)CSc1nnc(Cc2cccs2)n1C1CCCCC1. The molecule has 7 heteroatoms. The quantitative estimate of drug-likeness (QED) is 0.463. The van der Waals surface area contributed by atoms with Gasteiger partial charge in [0.1, 0.15) is 5.82 Å². The molecule has 3 heterocycles. The number of benzene rings is 1. The van der Waals surface area contributed by atoms with Crippen LogP contribution in [0.3, 0.4) is 0 Å². The minimum atomic E-state index is 0.153. The number of hydrogen-bond acceptors (Lipinski definition) is 5. The van der Waals surface area contributed by atoms with E-state index in [-0.39, 0.29) is 11.9 Å². The first kappa shape index (κ1) is 20.8. The minimum Gasteiger partial charge on any atom is -0.308 e. The van der Waals surface area contributed by atoms with Crippen LogP contribution < -0.4 is 4.90 Å². The van der Waals surface area contributed by atoms with E-state index < -0.39 is 0 Å². The Morgan fingerprint density at radius 3 is 2.77 bits per heavy atom. The smallest absolute Gasteiger partial charge is 0.237 e. The van der Waals surface area contributed by atoms with Gasteiger partial charge in [-0.3, -0.25) is 4.79 Å². The van der Waals surface area contributed by atoms with Crippen LogP contribution in [-0.2, 0) is 17.6 Å². The summed E-state index contributed by atoms with van der Waals surface area (Å²) in [5.41, 5.74) is 2.32. The summed E-state index contributed by atoms with van der Waals surface area (Å²) in [5.74, 6) is 1.58. The van der Waals surface area contributed by atoms with Crippen LogP contribution in [0.1, 0.15) is 61.3 Å². The largest absolute Gasteiger partial charge is 0.308 e. The zero-order valence-corrected chi connectivity index (χ0v) is 19.5. The van der Waals surface area contributed by atoms with Crippen LogP contribution in [0.25, 0.3) is 0 Å². The number of anilines is 1. The lowest BCUT2D eigenvalue weighted by Gasteiger charge is -2.26. The molecule has 1 saturated carbocycles. The number of aromatic nitrogens is 3. The van der Waals surface area contributed by atoms with Crippen LogP contribution >= 0.6 is 23.1 Å². The van der Waals surface area contributed by atoms with Gasteiger partial charge < -0.3 is 9.47 Å². The van der Waals surface area contributed by atoms with E-state index in [4.69, 9.17) is 0 Å². The first-order chi connectivity index (χ1) is 15.2. The Hall–Kier alpha value is -2.12. The van der Waals surface area contributed by atoms with Gasteiger partial charge in [-0.25, -0.2) is 0 Å². The van der Waals surface area contributed by atoms with Gasteiger partial charge in [0.2, 0.25) is 5.91 Å². The standard InChI is InChI=1S/C24H28N4OS2/c1-17-14-18-8-5-6-12-21(18)27(17)23(29)16-31-24-26-25-22(15-20-11-7-13-30-20)28(24)19-9-3-2-4-10-19/h5-8,11-13,17,19H,2-4,9-10,14-16H2,1H3/t17-/m1/s1. The molecule has 162 valence electrons. The van der Waals surface area contributed by atoms with Gasteiger partial charge in [-0.05, 0) is 49.3 Å². The van der Waals surface area contributed by atoms with Crippen molar-refractivity contribution in [1.29, 1.82) is 0 Å². The maximum atomic E-state index is 13.2. The van der Waals surface area contributed by atoms with Crippen molar-refractivity contribution in [2.45, 2.75) is 69.1 Å². The van der Waals surface area contributed by atoms with Gasteiger partial charge in [0.15, 0.2) is 5.16 Å². The van der Waals surface area contributed by atoms with Gasteiger partial charge in [-0.2, -0.15) is 0 Å². The molecule has 1 amide bonds. The summed E-state index contributed by atoms with van der Waals surface area (Å²) in [6.45, 7) is 2.13. The Kier molecular flexibility index (Phi) is 6.14. The van der Waals surface area contributed by atoms with Crippen molar-refractivity contribution in [1.82, 2.24) is 14.8 Å². The Bertz CT molecular complexity index is 1040. The van der Waals surface area contributed by atoms with E-state index in [1.807, 2.05) is 11.0 Å². The molecule has 1 aliphatic heterocycles. The third-order valence-corrected chi connectivity index (χ3v) is 8.19. The number of rotatable bonds is 6. The van der Waals surface area contributed by atoms with Gasteiger partial charge in [0.05, 0.1) is 5.75 Å². The molecule has 0 bridgehead atoms. The van der Waals surface area contributed by atoms with Gasteiger partial charge >= 0.3 is 0 Å². The van der Waals surface area contributed by atoms with Crippen molar-refractivity contribution in [3.63, 3.8) is 0 Å². The molecule has 0 radical (unpaired) electrons. The second-order valence-corrected chi connectivity index (χ2v) is 10.5. The average molecular weight is 453 g/mol. The molecule has 1 fully saturated rings. The summed E-state index contributed by atoms with van der Waals surface area (Å²) in [5, 5.41) is 12.1. The summed E-state index contributed by atoms with van der Waals surface area (Å²) < 4.78 is 2.35. The summed E-state index contributed by atoms with van der Waals surface area (Å²) in [4.78, 5) is 16.5. The summed E-state index contributed by atoms with van der Waals surface area (Å²) in [7, 11) is 0. The third-order valence-electron chi connectivity index (χ3n) is 6.39. The highest BCUT2D eigenvalue weighted by molar-refractivity contribution is 7.99. The van der Waals surface area contributed by atoms with Crippen LogP contribution in [0.5, 0.6) is 0 Å². The van der Waals surface area contributed by atoms with Crippen molar-refractivity contribution in [3.8, 4) is 0 Å². The zero-order chi connectivity index (χ0) is 21.2. The number of hydrogen-bond donors (Lipinski definition) is 0.